The molecule has 0 aliphatic carbocycles. The Morgan fingerprint density at radius 3 is 2.80 bits per heavy atom. The number of benzene rings is 1. The first-order valence-corrected chi connectivity index (χ1v) is 5.32. The van der Waals surface area contributed by atoms with E-state index in [9.17, 15) is 0 Å². The summed E-state index contributed by atoms with van der Waals surface area (Å²) in [5.41, 5.74) is 4.03. The van der Waals surface area contributed by atoms with Crippen LogP contribution in [0.15, 0.2) is 24.3 Å². The van der Waals surface area contributed by atoms with Gasteiger partial charge in [0.25, 0.3) is 0 Å². The van der Waals surface area contributed by atoms with Gasteiger partial charge in [-0.3, -0.25) is 0 Å². The van der Waals surface area contributed by atoms with E-state index in [2.05, 4.69) is 5.48 Å². The molecule has 0 spiro atoms. The Morgan fingerprint density at radius 2 is 2.13 bits per heavy atom. The molecule has 1 aromatic carbocycles. The van der Waals surface area contributed by atoms with Crippen molar-refractivity contribution in [3.63, 3.8) is 0 Å². The fourth-order valence-corrected chi connectivity index (χ4v) is 1.24. The first kappa shape index (κ1) is 12.0. The van der Waals surface area contributed by atoms with E-state index in [1.54, 1.807) is 0 Å². The van der Waals surface area contributed by atoms with Crippen LogP contribution in [0.2, 0.25) is 0 Å². The normalized spacial score (nSPS) is 10.7. The van der Waals surface area contributed by atoms with Gasteiger partial charge in [-0.1, -0.05) is 12.1 Å². The topological polar surface area (TPSA) is 30.5 Å². The maximum Gasteiger partial charge on any atom is 0.120 e. The van der Waals surface area contributed by atoms with E-state index in [0.717, 1.165) is 11.3 Å². The highest BCUT2D eigenvalue weighted by molar-refractivity contribution is 5.28. The lowest BCUT2D eigenvalue weighted by Crippen LogP contribution is -2.13. The second-order valence-corrected chi connectivity index (χ2v) is 3.57. The van der Waals surface area contributed by atoms with E-state index in [1.807, 2.05) is 45.0 Å². The molecule has 1 rings (SSSR count). The van der Waals surface area contributed by atoms with Crippen molar-refractivity contribution < 1.29 is 9.57 Å². The molecule has 0 saturated carbocycles. The third kappa shape index (κ3) is 4.81. The zero-order chi connectivity index (χ0) is 11.1. The van der Waals surface area contributed by atoms with E-state index in [1.165, 1.54) is 0 Å². The molecule has 0 radical (unpaired) electrons. The number of rotatable bonds is 6. The van der Waals surface area contributed by atoms with Crippen molar-refractivity contribution in [3.8, 4) is 5.75 Å². The highest BCUT2D eigenvalue weighted by Gasteiger charge is 1.99. The minimum Gasteiger partial charge on any atom is -0.491 e. The third-order valence-corrected chi connectivity index (χ3v) is 1.79. The molecular weight excluding hydrogens is 190 g/mol. The van der Waals surface area contributed by atoms with Crippen LogP contribution in [0, 0.1) is 0 Å². The first-order valence-electron chi connectivity index (χ1n) is 5.32. The fraction of sp³-hybridized carbons (Fsp3) is 0.500. The number of hydrogen-bond donors (Lipinski definition) is 1. The maximum atomic E-state index is 5.59. The highest BCUT2D eigenvalue weighted by atomic mass is 16.6. The second-order valence-electron chi connectivity index (χ2n) is 3.57. The molecular formula is C12H19NO2. The van der Waals surface area contributed by atoms with Crippen LogP contribution in [-0.2, 0) is 11.4 Å². The Bertz CT molecular complexity index is 287. The molecule has 0 amide bonds. The number of nitrogens with one attached hydrogen (secondary N) is 1. The Balaban J connectivity index is 2.50. The summed E-state index contributed by atoms with van der Waals surface area (Å²) < 4.78 is 5.59. The Labute approximate surface area is 91.4 Å². The lowest BCUT2D eigenvalue weighted by atomic mass is 10.2. The molecule has 0 fully saturated rings. The van der Waals surface area contributed by atoms with Gasteiger partial charge in [0.15, 0.2) is 0 Å². The third-order valence-electron chi connectivity index (χ3n) is 1.79. The van der Waals surface area contributed by atoms with Crippen molar-refractivity contribution >= 4 is 0 Å². The number of ether oxygens (including phenoxy) is 1. The molecule has 3 nitrogen and oxygen atoms in total. The van der Waals surface area contributed by atoms with Gasteiger partial charge in [0, 0.05) is 6.54 Å². The molecule has 15 heavy (non-hydrogen) atoms. The van der Waals surface area contributed by atoms with Crippen LogP contribution < -0.4 is 10.2 Å². The van der Waals surface area contributed by atoms with E-state index in [-0.39, 0.29) is 6.10 Å². The quantitative estimate of drug-likeness (QED) is 0.577. The van der Waals surface area contributed by atoms with Gasteiger partial charge in [0.2, 0.25) is 0 Å². The van der Waals surface area contributed by atoms with Crippen LogP contribution in [0.3, 0.4) is 0 Å². The lowest BCUT2D eigenvalue weighted by molar-refractivity contribution is 0.0463. The predicted molar refractivity (Wildman–Crippen MR) is 60.7 cm³/mol. The number of hydroxylamine groups is 1. The summed E-state index contributed by atoms with van der Waals surface area (Å²) in [7, 11) is 0. The predicted octanol–water partition coefficient (Wildman–Crippen LogP) is 2.51. The maximum absolute atomic E-state index is 5.59. The van der Waals surface area contributed by atoms with Crippen molar-refractivity contribution in [2.24, 2.45) is 0 Å². The van der Waals surface area contributed by atoms with Gasteiger partial charge in [-0.2, -0.15) is 5.48 Å². The lowest BCUT2D eigenvalue weighted by Gasteiger charge is -2.11. The van der Waals surface area contributed by atoms with Gasteiger partial charge in [0.1, 0.15) is 5.75 Å². The summed E-state index contributed by atoms with van der Waals surface area (Å²) >= 11 is 0. The van der Waals surface area contributed by atoms with Gasteiger partial charge in [-0.25, -0.2) is 0 Å². The summed E-state index contributed by atoms with van der Waals surface area (Å²) in [6.07, 6.45) is 0.208. The molecule has 1 aromatic rings. The smallest absolute Gasteiger partial charge is 0.120 e. The van der Waals surface area contributed by atoms with Crippen LogP contribution >= 0.6 is 0 Å². The fourth-order valence-electron chi connectivity index (χ4n) is 1.24. The molecule has 0 unspecified atom stereocenters. The van der Waals surface area contributed by atoms with Crippen LogP contribution in [0.1, 0.15) is 26.3 Å². The molecule has 0 saturated heterocycles. The monoisotopic (exact) mass is 209 g/mol. The van der Waals surface area contributed by atoms with E-state index < -0.39 is 0 Å². The van der Waals surface area contributed by atoms with Gasteiger partial charge in [-0.05, 0) is 38.5 Å². The SMILES string of the molecule is CCONCc1cccc(OC(C)C)c1. The van der Waals surface area contributed by atoms with Crippen LogP contribution in [0.5, 0.6) is 5.75 Å². The van der Waals surface area contributed by atoms with Crippen molar-refractivity contribution in [1.29, 1.82) is 0 Å². The summed E-state index contributed by atoms with van der Waals surface area (Å²) in [6, 6.07) is 8.01. The van der Waals surface area contributed by atoms with Crippen molar-refractivity contribution in [1.82, 2.24) is 5.48 Å². The zero-order valence-electron chi connectivity index (χ0n) is 9.62. The number of hydrogen-bond acceptors (Lipinski definition) is 3. The molecule has 0 bridgehead atoms. The first-order chi connectivity index (χ1) is 7.22. The van der Waals surface area contributed by atoms with Crippen molar-refractivity contribution in [2.75, 3.05) is 6.61 Å². The molecule has 84 valence electrons. The van der Waals surface area contributed by atoms with Crippen LogP contribution in [0.4, 0.5) is 0 Å². The molecule has 3 heteroatoms. The molecule has 0 aromatic heterocycles. The van der Waals surface area contributed by atoms with Gasteiger partial charge in [-0.15, -0.1) is 0 Å². The zero-order valence-corrected chi connectivity index (χ0v) is 9.62. The Morgan fingerprint density at radius 1 is 1.33 bits per heavy atom. The van der Waals surface area contributed by atoms with Gasteiger partial charge < -0.3 is 9.57 Å². The van der Waals surface area contributed by atoms with Gasteiger partial charge >= 0.3 is 0 Å². The standard InChI is InChI=1S/C12H19NO2/c1-4-14-13-9-11-6-5-7-12(8-11)15-10(2)3/h5-8,10,13H,4,9H2,1-3H3. The minimum atomic E-state index is 0.208. The molecule has 1 N–H and O–H groups in total. The molecule has 0 aliphatic heterocycles. The van der Waals surface area contributed by atoms with Crippen molar-refractivity contribution in [3.05, 3.63) is 29.8 Å². The van der Waals surface area contributed by atoms with Crippen LogP contribution in [0.25, 0.3) is 0 Å². The van der Waals surface area contributed by atoms with E-state index in [0.29, 0.717) is 13.2 Å². The Hall–Kier alpha value is -1.06. The summed E-state index contributed by atoms with van der Waals surface area (Å²) in [5, 5.41) is 0. The Kier molecular flexibility index (Phi) is 5.15. The second kappa shape index (κ2) is 6.43. The highest BCUT2D eigenvalue weighted by Crippen LogP contribution is 2.14. The van der Waals surface area contributed by atoms with Gasteiger partial charge in [0.05, 0.1) is 12.7 Å². The largest absolute Gasteiger partial charge is 0.491 e. The summed E-state index contributed by atoms with van der Waals surface area (Å²) in [5.74, 6) is 0.904. The molecule has 0 heterocycles. The summed E-state index contributed by atoms with van der Waals surface area (Å²) in [4.78, 5) is 5.07. The summed E-state index contributed by atoms with van der Waals surface area (Å²) in [6.45, 7) is 7.35. The van der Waals surface area contributed by atoms with Crippen molar-refractivity contribution in [2.45, 2.75) is 33.4 Å². The molecule has 0 aliphatic rings. The van der Waals surface area contributed by atoms with E-state index >= 15 is 0 Å². The minimum absolute atomic E-state index is 0.208. The van der Waals surface area contributed by atoms with Crippen LogP contribution in [-0.4, -0.2) is 12.7 Å². The molecule has 0 atom stereocenters. The average molecular weight is 209 g/mol. The van der Waals surface area contributed by atoms with E-state index in [4.69, 9.17) is 9.57 Å². The average Bonchev–Trinajstić information content (AvgIpc) is 2.18.